The van der Waals surface area contributed by atoms with Crippen LogP contribution < -0.4 is 0 Å². The number of hydrogen-bond donors (Lipinski definition) is 2. The first kappa shape index (κ1) is 26.0. The van der Waals surface area contributed by atoms with Gasteiger partial charge in [0.2, 0.25) is 0 Å². The van der Waals surface area contributed by atoms with Crippen LogP contribution in [0.1, 0.15) is 55.8 Å². The minimum absolute atomic E-state index is 0.195. The van der Waals surface area contributed by atoms with E-state index in [1.54, 1.807) is 21.9 Å². The van der Waals surface area contributed by atoms with Crippen molar-refractivity contribution in [1.82, 2.24) is 9.80 Å². The molecular weight excluding hydrogens is 500 g/mol. The molecule has 2 heterocycles. The second-order valence-electron chi connectivity index (χ2n) is 10.7. The van der Waals surface area contributed by atoms with E-state index in [1.165, 1.54) is 0 Å². The number of amides is 2. The highest BCUT2D eigenvalue weighted by atomic mass is 16.3. The van der Waals surface area contributed by atoms with Crippen LogP contribution in [0.2, 0.25) is 0 Å². The summed E-state index contributed by atoms with van der Waals surface area (Å²) >= 11 is 0. The average Bonchev–Trinajstić information content (AvgIpc) is 3.32. The third kappa shape index (κ3) is 4.39. The molecule has 0 radical (unpaired) electrons. The van der Waals surface area contributed by atoms with Crippen LogP contribution in [0.5, 0.6) is 0 Å². The zero-order valence-electron chi connectivity index (χ0n) is 22.2. The standard InChI is InChI=1S/C34H32N2O4/c37-31-27-17-7-9-19-29(27)33(39,23-25-13-3-1-4-14-25)35(31)21-11-12-22-36-32(38)28-18-8-10-20-30(28)34(36,40)24-26-15-5-2-6-16-26/h1-10,13-20,39-40H,11-12,21-24H2. The van der Waals surface area contributed by atoms with Crippen LogP contribution >= 0.6 is 0 Å². The van der Waals surface area contributed by atoms with Gasteiger partial charge in [0.05, 0.1) is 0 Å². The van der Waals surface area contributed by atoms with Crippen molar-refractivity contribution in [2.75, 3.05) is 13.1 Å². The molecule has 2 aliphatic rings. The topological polar surface area (TPSA) is 81.1 Å². The van der Waals surface area contributed by atoms with Gasteiger partial charge in [0.1, 0.15) is 0 Å². The van der Waals surface area contributed by atoms with Crippen LogP contribution in [0.3, 0.4) is 0 Å². The molecular formula is C34H32N2O4. The lowest BCUT2D eigenvalue weighted by Crippen LogP contribution is -2.47. The number of benzene rings is 4. The molecule has 0 aliphatic carbocycles. The molecule has 2 amide bonds. The lowest BCUT2D eigenvalue weighted by atomic mass is 9.94. The molecule has 6 rings (SSSR count). The van der Waals surface area contributed by atoms with E-state index in [9.17, 15) is 19.8 Å². The molecule has 6 nitrogen and oxygen atoms in total. The zero-order chi connectivity index (χ0) is 27.7. The molecule has 202 valence electrons. The molecule has 0 aromatic heterocycles. The third-order valence-electron chi connectivity index (χ3n) is 8.16. The lowest BCUT2D eigenvalue weighted by molar-refractivity contribution is -0.0903. The smallest absolute Gasteiger partial charge is 0.256 e. The van der Waals surface area contributed by atoms with Crippen molar-refractivity contribution in [2.45, 2.75) is 37.1 Å². The first-order valence-corrected chi connectivity index (χ1v) is 13.8. The molecule has 2 N–H and O–H groups in total. The Morgan fingerprint density at radius 1 is 0.500 bits per heavy atom. The second kappa shape index (κ2) is 10.4. The summed E-state index contributed by atoms with van der Waals surface area (Å²) in [5, 5.41) is 23.9. The number of aliphatic hydroxyl groups is 2. The van der Waals surface area contributed by atoms with E-state index in [0.717, 1.165) is 11.1 Å². The maximum atomic E-state index is 13.4. The average molecular weight is 533 g/mol. The number of rotatable bonds is 9. The van der Waals surface area contributed by atoms with Gasteiger partial charge in [-0.1, -0.05) is 97.1 Å². The van der Waals surface area contributed by atoms with Gasteiger partial charge in [-0.3, -0.25) is 9.59 Å². The summed E-state index contributed by atoms with van der Waals surface area (Å²) in [6, 6.07) is 33.8. The predicted molar refractivity (Wildman–Crippen MR) is 152 cm³/mol. The van der Waals surface area contributed by atoms with Gasteiger partial charge >= 0.3 is 0 Å². The highest BCUT2D eigenvalue weighted by Gasteiger charge is 2.49. The molecule has 0 saturated carbocycles. The number of carbonyl (C=O) groups excluding carboxylic acids is 2. The normalized spacial score (nSPS) is 21.6. The number of nitrogens with zero attached hydrogens (tertiary/aromatic N) is 2. The van der Waals surface area contributed by atoms with Gasteiger partial charge in [0.15, 0.2) is 11.4 Å². The fourth-order valence-electron chi connectivity index (χ4n) is 6.21. The molecule has 6 heteroatoms. The van der Waals surface area contributed by atoms with Crippen molar-refractivity contribution in [1.29, 1.82) is 0 Å². The molecule has 0 saturated heterocycles. The van der Waals surface area contributed by atoms with E-state index in [1.807, 2.05) is 97.1 Å². The summed E-state index contributed by atoms with van der Waals surface area (Å²) in [6.45, 7) is 0.645. The molecule has 0 fully saturated rings. The first-order valence-electron chi connectivity index (χ1n) is 13.8. The van der Waals surface area contributed by atoms with Crippen LogP contribution in [0.4, 0.5) is 0 Å². The summed E-state index contributed by atoms with van der Waals surface area (Å²) in [6.07, 6.45) is 1.68. The summed E-state index contributed by atoms with van der Waals surface area (Å²) in [7, 11) is 0. The highest BCUT2D eigenvalue weighted by Crippen LogP contribution is 2.41. The van der Waals surface area contributed by atoms with Crippen LogP contribution in [-0.2, 0) is 24.3 Å². The van der Waals surface area contributed by atoms with Crippen molar-refractivity contribution in [2.24, 2.45) is 0 Å². The molecule has 2 aliphatic heterocycles. The van der Waals surface area contributed by atoms with Crippen LogP contribution in [0.25, 0.3) is 0 Å². The van der Waals surface area contributed by atoms with E-state index < -0.39 is 11.4 Å². The van der Waals surface area contributed by atoms with Crippen LogP contribution in [-0.4, -0.2) is 44.9 Å². The molecule has 4 aromatic carbocycles. The number of hydrogen-bond acceptors (Lipinski definition) is 4. The summed E-state index contributed by atoms with van der Waals surface area (Å²) < 4.78 is 0. The Morgan fingerprint density at radius 3 is 1.25 bits per heavy atom. The van der Waals surface area contributed by atoms with E-state index >= 15 is 0 Å². The fourth-order valence-corrected chi connectivity index (χ4v) is 6.21. The number of unbranched alkanes of at least 4 members (excludes halogenated alkanes) is 1. The molecule has 0 bridgehead atoms. The van der Waals surface area contributed by atoms with Crippen molar-refractivity contribution in [3.63, 3.8) is 0 Å². The highest BCUT2D eigenvalue weighted by molar-refractivity contribution is 6.00. The first-order chi connectivity index (χ1) is 19.4. The number of carbonyl (C=O) groups is 2. The molecule has 0 spiro atoms. The Balaban J connectivity index is 1.20. The van der Waals surface area contributed by atoms with Crippen molar-refractivity contribution < 1.29 is 19.8 Å². The van der Waals surface area contributed by atoms with Crippen molar-refractivity contribution in [3.05, 3.63) is 143 Å². The minimum Gasteiger partial charge on any atom is -0.366 e. The third-order valence-corrected chi connectivity index (χ3v) is 8.16. The Hall–Kier alpha value is -4.26. The Bertz CT molecular complexity index is 1420. The van der Waals surface area contributed by atoms with Gasteiger partial charge in [-0.15, -0.1) is 0 Å². The molecule has 40 heavy (non-hydrogen) atoms. The van der Waals surface area contributed by atoms with Gasteiger partial charge < -0.3 is 20.0 Å². The van der Waals surface area contributed by atoms with Gasteiger partial charge in [0.25, 0.3) is 11.8 Å². The van der Waals surface area contributed by atoms with Gasteiger partial charge in [-0.05, 0) is 36.1 Å². The summed E-state index contributed by atoms with van der Waals surface area (Å²) in [5.74, 6) is -0.390. The van der Waals surface area contributed by atoms with Crippen LogP contribution in [0.15, 0.2) is 109 Å². The second-order valence-corrected chi connectivity index (χ2v) is 10.7. The van der Waals surface area contributed by atoms with Crippen LogP contribution in [0, 0.1) is 0 Å². The Labute approximate surface area is 234 Å². The zero-order valence-corrected chi connectivity index (χ0v) is 22.2. The SMILES string of the molecule is O=C1c2ccccc2C(O)(Cc2ccccc2)N1CCCCN1C(=O)c2ccccc2C1(O)Cc1ccccc1. The van der Waals surface area contributed by atoms with Crippen molar-refractivity contribution >= 4 is 11.8 Å². The predicted octanol–water partition coefficient (Wildman–Crippen LogP) is 4.85. The lowest BCUT2D eigenvalue weighted by Gasteiger charge is -2.36. The Kier molecular flexibility index (Phi) is 6.74. The van der Waals surface area contributed by atoms with Gasteiger partial charge in [-0.25, -0.2) is 0 Å². The fraction of sp³-hybridized carbons (Fsp3) is 0.235. The monoisotopic (exact) mass is 532 g/mol. The maximum absolute atomic E-state index is 13.4. The van der Waals surface area contributed by atoms with Gasteiger partial charge in [0, 0.05) is 48.2 Å². The maximum Gasteiger partial charge on any atom is 0.256 e. The minimum atomic E-state index is -1.46. The molecule has 2 unspecified atom stereocenters. The summed E-state index contributed by atoms with van der Waals surface area (Å²) in [5.41, 5.74) is 1.23. The van der Waals surface area contributed by atoms with Gasteiger partial charge in [-0.2, -0.15) is 0 Å². The quantitative estimate of drug-likeness (QED) is 0.302. The van der Waals surface area contributed by atoms with Crippen molar-refractivity contribution in [3.8, 4) is 0 Å². The summed E-state index contributed by atoms with van der Waals surface area (Å²) in [4.78, 5) is 30.0. The van der Waals surface area contributed by atoms with E-state index in [0.29, 0.717) is 48.2 Å². The van der Waals surface area contributed by atoms with E-state index in [4.69, 9.17) is 0 Å². The molecule has 2 atom stereocenters. The molecule has 4 aromatic rings. The van der Waals surface area contributed by atoms with E-state index in [2.05, 4.69) is 0 Å². The largest absolute Gasteiger partial charge is 0.366 e. The Morgan fingerprint density at radius 2 is 0.850 bits per heavy atom. The number of fused-ring (bicyclic) bond motifs is 2. The van der Waals surface area contributed by atoms with E-state index in [-0.39, 0.29) is 24.7 Å².